The number of rotatable bonds is 7. The third kappa shape index (κ3) is 3.57. The average molecular weight is 451 g/mol. The van der Waals surface area contributed by atoms with Gasteiger partial charge in [0.25, 0.3) is 0 Å². The molecule has 4 aliphatic rings. The molecular formula is C25H30N4O4. The quantitative estimate of drug-likeness (QED) is 0.614. The number of likely N-dealkylation sites (tertiary alicyclic amines) is 1. The van der Waals surface area contributed by atoms with Gasteiger partial charge in [-0.15, -0.1) is 0 Å². The first kappa shape index (κ1) is 20.9. The highest BCUT2D eigenvalue weighted by molar-refractivity contribution is 5.93. The van der Waals surface area contributed by atoms with Crippen LogP contribution in [0.5, 0.6) is 0 Å². The molecule has 1 aromatic heterocycles. The van der Waals surface area contributed by atoms with Crippen molar-refractivity contribution in [2.75, 3.05) is 52.5 Å². The molecule has 3 saturated heterocycles. The molecule has 0 radical (unpaired) electrons. The van der Waals surface area contributed by atoms with E-state index in [9.17, 15) is 9.59 Å². The molecular weight excluding hydrogens is 420 g/mol. The van der Waals surface area contributed by atoms with Gasteiger partial charge in [-0.2, -0.15) is 0 Å². The van der Waals surface area contributed by atoms with Gasteiger partial charge >= 0.3 is 0 Å². The molecule has 0 saturated carbocycles. The molecule has 2 bridgehead atoms. The largest absolute Gasteiger partial charge is 0.379 e. The number of nitrogens with one attached hydrogen (secondary N) is 2. The molecule has 3 fully saturated rings. The summed E-state index contributed by atoms with van der Waals surface area (Å²) in [5.74, 6) is -0.921. The van der Waals surface area contributed by atoms with Crippen molar-refractivity contribution in [1.29, 1.82) is 0 Å². The fourth-order valence-electron chi connectivity index (χ4n) is 5.94. The van der Waals surface area contributed by atoms with Gasteiger partial charge in [-0.3, -0.25) is 14.5 Å². The van der Waals surface area contributed by atoms with Crippen molar-refractivity contribution in [2.24, 2.45) is 11.8 Å². The maximum Gasteiger partial charge on any atom is 0.230 e. The highest BCUT2D eigenvalue weighted by atomic mass is 16.5. The van der Waals surface area contributed by atoms with E-state index < -0.39 is 17.4 Å². The van der Waals surface area contributed by atoms with Crippen molar-refractivity contribution in [3.8, 4) is 0 Å². The summed E-state index contributed by atoms with van der Waals surface area (Å²) in [5, 5.41) is 4.26. The lowest BCUT2D eigenvalue weighted by Crippen LogP contribution is -2.47. The van der Waals surface area contributed by atoms with Crippen LogP contribution in [0.2, 0.25) is 0 Å². The lowest BCUT2D eigenvalue weighted by Gasteiger charge is -2.27. The van der Waals surface area contributed by atoms with Crippen LogP contribution in [0.15, 0.2) is 42.6 Å². The van der Waals surface area contributed by atoms with E-state index in [-0.39, 0.29) is 17.9 Å². The Hall–Kier alpha value is -2.68. The molecule has 8 heteroatoms. The predicted octanol–water partition coefficient (Wildman–Crippen LogP) is 0.941. The fourth-order valence-corrected chi connectivity index (χ4v) is 5.94. The standard InChI is InChI=1S/C25H30N4O4/c30-23(26-8-10-28-11-13-32-14-12-28)21-20-5-7-25(33-20)16-29(24(31)22(21)25)9-6-17-15-27-19-4-2-1-3-18(17)19/h1-5,7,15,20-22,27H,6,8-14,16H2,(H,26,30)/t20-,21-,22+,25+/m1/s1. The monoisotopic (exact) mass is 450 g/mol. The minimum Gasteiger partial charge on any atom is -0.379 e. The average Bonchev–Trinajstić information content (AvgIpc) is 3.58. The maximum atomic E-state index is 13.4. The normalized spacial score (nSPS) is 31.0. The summed E-state index contributed by atoms with van der Waals surface area (Å²) in [7, 11) is 0. The molecule has 2 amide bonds. The second-order valence-electron chi connectivity index (χ2n) is 9.51. The van der Waals surface area contributed by atoms with Gasteiger partial charge in [0.05, 0.1) is 37.7 Å². The molecule has 5 heterocycles. The van der Waals surface area contributed by atoms with Gasteiger partial charge in [-0.05, 0) is 18.1 Å². The smallest absolute Gasteiger partial charge is 0.230 e. The molecule has 174 valence electrons. The number of carbonyl (C=O) groups excluding carboxylic acids is 2. The van der Waals surface area contributed by atoms with Crippen LogP contribution >= 0.6 is 0 Å². The Balaban J connectivity index is 1.10. The molecule has 0 unspecified atom stereocenters. The summed E-state index contributed by atoms with van der Waals surface area (Å²) in [6, 6.07) is 8.21. The number of carbonyl (C=O) groups is 2. The van der Waals surface area contributed by atoms with Crippen molar-refractivity contribution in [3.63, 3.8) is 0 Å². The highest BCUT2D eigenvalue weighted by Crippen LogP contribution is 2.51. The summed E-state index contributed by atoms with van der Waals surface area (Å²) in [5.41, 5.74) is 1.65. The Bertz CT molecular complexity index is 1090. The molecule has 0 aliphatic carbocycles. The third-order valence-corrected chi connectivity index (χ3v) is 7.64. The Labute approximate surface area is 192 Å². The molecule has 4 atom stereocenters. The number of ether oxygens (including phenoxy) is 2. The van der Waals surface area contributed by atoms with Crippen LogP contribution in [0.3, 0.4) is 0 Å². The summed E-state index contributed by atoms with van der Waals surface area (Å²) >= 11 is 0. The van der Waals surface area contributed by atoms with Gasteiger partial charge in [0.15, 0.2) is 0 Å². The summed E-state index contributed by atoms with van der Waals surface area (Å²) in [6.07, 6.45) is 6.47. The number of morpholine rings is 1. The third-order valence-electron chi connectivity index (χ3n) is 7.64. The van der Waals surface area contributed by atoms with Crippen LogP contribution in [0.25, 0.3) is 10.9 Å². The predicted molar refractivity (Wildman–Crippen MR) is 123 cm³/mol. The number of aromatic amines is 1. The topological polar surface area (TPSA) is 86.9 Å². The Kier molecular flexibility index (Phi) is 5.24. The Morgan fingerprint density at radius 1 is 1.21 bits per heavy atom. The molecule has 1 spiro atoms. The summed E-state index contributed by atoms with van der Waals surface area (Å²) in [6.45, 7) is 5.77. The van der Waals surface area contributed by atoms with Crippen molar-refractivity contribution >= 4 is 22.7 Å². The van der Waals surface area contributed by atoms with Crippen LogP contribution in [-0.2, 0) is 25.5 Å². The number of amides is 2. The first-order valence-electron chi connectivity index (χ1n) is 11.9. The zero-order valence-corrected chi connectivity index (χ0v) is 18.7. The molecule has 6 rings (SSSR count). The van der Waals surface area contributed by atoms with E-state index in [2.05, 4.69) is 27.3 Å². The van der Waals surface area contributed by atoms with E-state index in [0.717, 1.165) is 44.8 Å². The highest BCUT2D eigenvalue weighted by Gasteiger charge is 2.66. The zero-order chi connectivity index (χ0) is 22.4. The summed E-state index contributed by atoms with van der Waals surface area (Å²) in [4.78, 5) is 34.0. The molecule has 1 aromatic carbocycles. The fraction of sp³-hybridized carbons (Fsp3) is 0.520. The first-order chi connectivity index (χ1) is 16.1. The minimum absolute atomic E-state index is 0.0371. The number of hydrogen-bond acceptors (Lipinski definition) is 5. The number of nitrogens with zero attached hydrogens (tertiary/aromatic N) is 2. The summed E-state index contributed by atoms with van der Waals surface area (Å²) < 4.78 is 11.6. The molecule has 2 aromatic rings. The lowest BCUT2D eigenvalue weighted by molar-refractivity contribution is -0.137. The van der Waals surface area contributed by atoms with Gasteiger partial charge in [0.2, 0.25) is 11.8 Å². The van der Waals surface area contributed by atoms with Crippen molar-refractivity contribution in [3.05, 3.63) is 48.2 Å². The Morgan fingerprint density at radius 3 is 2.94 bits per heavy atom. The minimum atomic E-state index is -0.659. The number of hydrogen-bond donors (Lipinski definition) is 2. The molecule has 2 N–H and O–H groups in total. The van der Waals surface area contributed by atoms with E-state index in [4.69, 9.17) is 9.47 Å². The van der Waals surface area contributed by atoms with Crippen molar-refractivity contribution < 1.29 is 19.1 Å². The number of aromatic nitrogens is 1. The van der Waals surface area contributed by atoms with Crippen LogP contribution in [0.1, 0.15) is 5.56 Å². The van der Waals surface area contributed by atoms with Crippen LogP contribution in [0, 0.1) is 11.8 Å². The van der Waals surface area contributed by atoms with E-state index in [0.29, 0.717) is 19.6 Å². The van der Waals surface area contributed by atoms with Gasteiger partial charge in [0.1, 0.15) is 5.60 Å². The number of benzene rings is 1. The SMILES string of the molecule is O=C(NCCN1CCOCC1)[C@H]1[C@H]2C(=O)N(CCc3c[nH]c4ccccc34)C[C@@]23C=C[C@H]1O3. The zero-order valence-electron chi connectivity index (χ0n) is 18.7. The van der Waals surface area contributed by atoms with Crippen LogP contribution in [-0.4, -0.2) is 90.8 Å². The van der Waals surface area contributed by atoms with Crippen molar-refractivity contribution in [1.82, 2.24) is 20.1 Å². The van der Waals surface area contributed by atoms with Gasteiger partial charge in [0, 0.05) is 49.8 Å². The van der Waals surface area contributed by atoms with E-state index >= 15 is 0 Å². The van der Waals surface area contributed by atoms with Crippen LogP contribution < -0.4 is 5.32 Å². The van der Waals surface area contributed by atoms with Gasteiger partial charge < -0.3 is 24.7 Å². The molecule has 4 aliphatic heterocycles. The number of H-pyrrole nitrogens is 1. The second-order valence-corrected chi connectivity index (χ2v) is 9.51. The van der Waals surface area contributed by atoms with Crippen LogP contribution in [0.4, 0.5) is 0 Å². The Morgan fingerprint density at radius 2 is 2.06 bits per heavy atom. The maximum absolute atomic E-state index is 13.4. The van der Waals surface area contributed by atoms with Gasteiger partial charge in [-0.1, -0.05) is 30.4 Å². The number of fused-ring (bicyclic) bond motifs is 2. The molecule has 8 nitrogen and oxygen atoms in total. The first-order valence-corrected chi connectivity index (χ1v) is 11.9. The van der Waals surface area contributed by atoms with Crippen molar-refractivity contribution in [2.45, 2.75) is 18.1 Å². The van der Waals surface area contributed by atoms with E-state index in [1.807, 2.05) is 35.4 Å². The van der Waals surface area contributed by atoms with Gasteiger partial charge in [-0.25, -0.2) is 0 Å². The lowest BCUT2D eigenvalue weighted by atomic mass is 9.77. The second kappa shape index (κ2) is 8.27. The van der Waals surface area contributed by atoms with E-state index in [1.54, 1.807) is 0 Å². The molecule has 33 heavy (non-hydrogen) atoms. The number of para-hydroxylation sites is 1. The van der Waals surface area contributed by atoms with E-state index in [1.165, 1.54) is 10.9 Å².